The molecule has 21 heavy (non-hydrogen) atoms. The van der Waals surface area contributed by atoms with Crippen LogP contribution in [0.15, 0.2) is 64.4 Å². The molecule has 5 nitrogen and oxygen atoms in total. The number of hydrazone groups is 1. The SMILES string of the molecule is CN1N=CN(C(c2ccc(Br)cc2)[n+]2ccccc2)[C]1N. The van der Waals surface area contributed by atoms with Gasteiger partial charge in [0.25, 0.3) is 6.17 Å². The topological polar surface area (TPSA) is 48.7 Å². The van der Waals surface area contributed by atoms with Crippen molar-refractivity contribution in [2.75, 3.05) is 7.05 Å². The minimum Gasteiger partial charge on any atom is -0.285 e. The van der Waals surface area contributed by atoms with Crippen molar-refractivity contribution in [2.45, 2.75) is 6.17 Å². The highest BCUT2D eigenvalue weighted by atomic mass is 79.9. The van der Waals surface area contributed by atoms with Crippen LogP contribution in [0.4, 0.5) is 0 Å². The summed E-state index contributed by atoms with van der Waals surface area (Å²) >= 11 is 3.47. The minimum absolute atomic E-state index is 0.0759. The van der Waals surface area contributed by atoms with Gasteiger partial charge in [-0.3, -0.25) is 15.6 Å². The number of hydrogen-bond acceptors (Lipinski definition) is 4. The Morgan fingerprint density at radius 2 is 1.81 bits per heavy atom. The summed E-state index contributed by atoms with van der Waals surface area (Å²) in [5.74, 6) is 0. The van der Waals surface area contributed by atoms with Crippen molar-refractivity contribution >= 4 is 22.3 Å². The number of aromatic nitrogens is 1. The molecular weight excluding hydrogens is 330 g/mol. The van der Waals surface area contributed by atoms with E-state index in [0.29, 0.717) is 6.29 Å². The number of nitrogens with zero attached hydrogens (tertiary/aromatic N) is 4. The van der Waals surface area contributed by atoms with E-state index in [2.05, 4.69) is 37.7 Å². The Hall–Kier alpha value is -1.92. The molecule has 0 aliphatic carbocycles. The van der Waals surface area contributed by atoms with Gasteiger partial charge in [0.05, 0.1) is 0 Å². The highest BCUT2D eigenvalue weighted by Gasteiger charge is 2.36. The summed E-state index contributed by atoms with van der Waals surface area (Å²) in [7, 11) is 1.83. The molecule has 1 aliphatic rings. The zero-order valence-electron chi connectivity index (χ0n) is 11.6. The van der Waals surface area contributed by atoms with Crippen molar-refractivity contribution in [3.05, 3.63) is 71.2 Å². The van der Waals surface area contributed by atoms with Crippen LogP contribution in [0.5, 0.6) is 0 Å². The lowest BCUT2D eigenvalue weighted by atomic mass is 10.1. The second-order valence-corrected chi connectivity index (χ2v) is 5.68. The molecule has 0 amide bonds. The van der Waals surface area contributed by atoms with Crippen LogP contribution in [-0.4, -0.2) is 23.3 Å². The van der Waals surface area contributed by atoms with Gasteiger partial charge in [-0.2, -0.15) is 9.67 Å². The molecule has 1 atom stereocenters. The highest BCUT2D eigenvalue weighted by molar-refractivity contribution is 9.10. The predicted octanol–water partition coefficient (Wildman–Crippen LogP) is 1.88. The van der Waals surface area contributed by atoms with Crippen LogP contribution >= 0.6 is 15.9 Å². The average molecular weight is 346 g/mol. The first kappa shape index (κ1) is 14.0. The molecular formula is C15H16BrN5+. The van der Waals surface area contributed by atoms with Gasteiger partial charge in [0.15, 0.2) is 12.4 Å². The predicted molar refractivity (Wildman–Crippen MR) is 84.4 cm³/mol. The van der Waals surface area contributed by atoms with Crippen LogP contribution in [0, 0.1) is 6.29 Å². The maximum Gasteiger partial charge on any atom is 0.264 e. The molecule has 107 valence electrons. The van der Waals surface area contributed by atoms with E-state index in [4.69, 9.17) is 5.73 Å². The van der Waals surface area contributed by atoms with E-state index in [1.165, 1.54) is 0 Å². The van der Waals surface area contributed by atoms with Gasteiger partial charge in [0.1, 0.15) is 6.34 Å². The summed E-state index contributed by atoms with van der Waals surface area (Å²) in [4.78, 5) is 1.95. The summed E-state index contributed by atoms with van der Waals surface area (Å²) < 4.78 is 3.15. The van der Waals surface area contributed by atoms with E-state index in [1.807, 2.05) is 54.7 Å². The van der Waals surface area contributed by atoms with E-state index in [9.17, 15) is 0 Å². The summed E-state index contributed by atoms with van der Waals surface area (Å²) in [6.45, 7) is 0. The Kier molecular flexibility index (Phi) is 3.90. The third-order valence-electron chi connectivity index (χ3n) is 3.40. The van der Waals surface area contributed by atoms with E-state index in [-0.39, 0.29) is 6.17 Å². The normalized spacial score (nSPS) is 16.5. The third-order valence-corrected chi connectivity index (χ3v) is 3.93. The zero-order chi connectivity index (χ0) is 14.8. The van der Waals surface area contributed by atoms with Crippen molar-refractivity contribution in [1.82, 2.24) is 9.91 Å². The first-order valence-corrected chi connectivity index (χ1v) is 7.36. The van der Waals surface area contributed by atoms with Crippen LogP contribution in [0.3, 0.4) is 0 Å². The van der Waals surface area contributed by atoms with Crippen LogP contribution in [-0.2, 0) is 0 Å². The Morgan fingerprint density at radius 1 is 1.14 bits per heavy atom. The minimum atomic E-state index is -0.0759. The van der Waals surface area contributed by atoms with Gasteiger partial charge in [0, 0.05) is 29.2 Å². The van der Waals surface area contributed by atoms with Crippen molar-refractivity contribution in [3.63, 3.8) is 0 Å². The molecule has 6 heteroatoms. The Labute approximate surface area is 132 Å². The number of pyridine rings is 1. The Bertz CT molecular complexity index is 628. The Morgan fingerprint density at radius 3 is 2.38 bits per heavy atom. The second-order valence-electron chi connectivity index (χ2n) is 4.77. The van der Waals surface area contributed by atoms with Gasteiger partial charge in [-0.25, -0.2) is 0 Å². The molecule has 2 N–H and O–H groups in total. The number of rotatable bonds is 3. The average Bonchev–Trinajstić information content (AvgIpc) is 2.83. The fourth-order valence-electron chi connectivity index (χ4n) is 2.29. The maximum absolute atomic E-state index is 6.15. The van der Waals surface area contributed by atoms with Crippen LogP contribution < -0.4 is 10.3 Å². The fraction of sp³-hybridized carbons (Fsp3) is 0.133. The van der Waals surface area contributed by atoms with E-state index in [0.717, 1.165) is 10.0 Å². The van der Waals surface area contributed by atoms with Gasteiger partial charge in [-0.1, -0.05) is 22.0 Å². The van der Waals surface area contributed by atoms with Crippen LogP contribution in [0.2, 0.25) is 0 Å². The molecule has 0 spiro atoms. The molecule has 1 unspecified atom stereocenters. The number of halogens is 1. The van der Waals surface area contributed by atoms with Crippen molar-refractivity contribution in [3.8, 4) is 0 Å². The number of hydrogen-bond donors (Lipinski definition) is 1. The molecule has 2 aromatic rings. The lowest BCUT2D eigenvalue weighted by Crippen LogP contribution is -2.52. The standard InChI is InChI=1S/C15H16BrN5/c1-19-15(17)21(11-18-19)14(20-9-3-2-4-10-20)12-5-7-13(16)8-6-12/h2-11,14H,17H2,1H3/q+1. The molecule has 0 bridgehead atoms. The summed E-state index contributed by atoms with van der Waals surface area (Å²) in [6, 6.07) is 14.2. The van der Waals surface area contributed by atoms with Crippen LogP contribution in [0.25, 0.3) is 0 Å². The van der Waals surface area contributed by atoms with Gasteiger partial charge in [-0.15, -0.1) is 0 Å². The number of nitrogens with two attached hydrogens (primary N) is 1. The smallest absolute Gasteiger partial charge is 0.264 e. The van der Waals surface area contributed by atoms with Gasteiger partial charge in [0.2, 0.25) is 6.29 Å². The van der Waals surface area contributed by atoms with Crippen molar-refractivity contribution in [1.29, 1.82) is 0 Å². The summed E-state index contributed by atoms with van der Waals surface area (Å²) in [5.41, 5.74) is 7.27. The van der Waals surface area contributed by atoms with E-state index >= 15 is 0 Å². The largest absolute Gasteiger partial charge is 0.285 e. The highest BCUT2D eigenvalue weighted by Crippen LogP contribution is 2.25. The molecule has 1 aromatic carbocycles. The molecule has 2 heterocycles. The monoisotopic (exact) mass is 345 g/mol. The maximum atomic E-state index is 6.15. The van der Waals surface area contributed by atoms with Crippen molar-refractivity contribution < 1.29 is 4.57 Å². The number of benzene rings is 1. The van der Waals surface area contributed by atoms with E-state index < -0.39 is 0 Å². The fourth-order valence-corrected chi connectivity index (χ4v) is 2.56. The summed E-state index contributed by atoms with van der Waals surface area (Å²) in [5, 5.41) is 5.90. The lowest BCUT2D eigenvalue weighted by Gasteiger charge is -2.27. The van der Waals surface area contributed by atoms with E-state index in [1.54, 1.807) is 11.3 Å². The van der Waals surface area contributed by atoms with Crippen LogP contribution in [0.1, 0.15) is 11.7 Å². The van der Waals surface area contributed by atoms with Gasteiger partial charge in [-0.05, 0) is 24.3 Å². The van der Waals surface area contributed by atoms with Crippen molar-refractivity contribution in [2.24, 2.45) is 10.8 Å². The van der Waals surface area contributed by atoms with Gasteiger partial charge >= 0.3 is 0 Å². The third kappa shape index (κ3) is 2.77. The first-order chi connectivity index (χ1) is 10.2. The molecule has 0 fully saturated rings. The second kappa shape index (κ2) is 5.83. The molecule has 0 saturated heterocycles. The Balaban J connectivity index is 2.03. The molecule has 3 rings (SSSR count). The molecule has 1 radical (unpaired) electrons. The quantitative estimate of drug-likeness (QED) is 0.864. The summed E-state index contributed by atoms with van der Waals surface area (Å²) in [6.07, 6.45) is 6.31. The molecule has 1 aromatic heterocycles. The lowest BCUT2D eigenvalue weighted by molar-refractivity contribution is -0.729. The molecule has 1 aliphatic heterocycles. The van der Waals surface area contributed by atoms with Gasteiger partial charge < -0.3 is 0 Å². The molecule has 0 saturated carbocycles. The zero-order valence-corrected chi connectivity index (χ0v) is 13.2. The first-order valence-electron chi connectivity index (χ1n) is 6.56.